The summed E-state index contributed by atoms with van der Waals surface area (Å²) in [5.74, 6) is 3.45. The summed E-state index contributed by atoms with van der Waals surface area (Å²) in [5, 5.41) is 18.1. The zero-order valence-electron chi connectivity index (χ0n) is 22.2. The van der Waals surface area contributed by atoms with E-state index in [1.807, 2.05) is 0 Å². The molecule has 0 aromatic heterocycles. The topological polar surface area (TPSA) is 113 Å². The Morgan fingerprint density at radius 2 is 0.950 bits per heavy atom. The first kappa shape index (κ1) is 28.3. The first-order chi connectivity index (χ1) is 19.6. The molecule has 0 radical (unpaired) electrons. The molecule has 9 heteroatoms. The molecule has 40 heavy (non-hydrogen) atoms. The van der Waals surface area contributed by atoms with Crippen LogP contribution in [0.4, 0.5) is 0 Å². The van der Waals surface area contributed by atoms with Crippen LogP contribution in [0, 0.1) is 0 Å². The Bertz CT molecular complexity index is 1290. The van der Waals surface area contributed by atoms with Gasteiger partial charge in [-0.1, -0.05) is 12.1 Å². The smallest absolute Gasteiger partial charge is 0.203 e. The van der Waals surface area contributed by atoms with Crippen LogP contribution in [0.15, 0.2) is 84.9 Å². The largest absolute Gasteiger partial charge is 0.490 e. The number of hydrogen-bond acceptors (Lipinski definition) is 9. The normalized spacial score (nSPS) is 10.5. The van der Waals surface area contributed by atoms with E-state index < -0.39 is 0 Å². The standard InChI is InChI=1S/C31H30O9/c1-35-30-25(37-19-17-32)5-3-7-27(30)39-23-13-9-21(10-14-23)29(34)22-11-15-24(16-12-22)40-28-8-4-6-26(31(28)36-2)38-20-18-33/h3-16,32-33H,17-20H2,1-2H3. The van der Waals surface area contributed by atoms with Crippen molar-refractivity contribution in [3.8, 4) is 46.0 Å². The van der Waals surface area contributed by atoms with Crippen LogP contribution in [-0.2, 0) is 0 Å². The lowest BCUT2D eigenvalue weighted by Gasteiger charge is -2.15. The van der Waals surface area contributed by atoms with Gasteiger partial charge < -0.3 is 38.6 Å². The molecular formula is C31H30O9. The Morgan fingerprint density at radius 1 is 0.575 bits per heavy atom. The van der Waals surface area contributed by atoms with Gasteiger partial charge in [0.1, 0.15) is 24.7 Å². The second-order valence-electron chi connectivity index (χ2n) is 8.30. The number of benzene rings is 4. The van der Waals surface area contributed by atoms with E-state index in [-0.39, 0.29) is 32.2 Å². The van der Waals surface area contributed by atoms with Crippen molar-refractivity contribution in [2.75, 3.05) is 40.6 Å². The molecule has 0 heterocycles. The number of carbonyl (C=O) groups excluding carboxylic acids is 1. The molecule has 9 nitrogen and oxygen atoms in total. The Labute approximate surface area is 232 Å². The summed E-state index contributed by atoms with van der Waals surface area (Å²) in [6.45, 7) is 0.0181. The highest BCUT2D eigenvalue weighted by atomic mass is 16.5. The van der Waals surface area contributed by atoms with Gasteiger partial charge in [0, 0.05) is 11.1 Å². The minimum absolute atomic E-state index is 0.121. The van der Waals surface area contributed by atoms with E-state index in [2.05, 4.69) is 0 Å². The molecule has 0 atom stereocenters. The Hall–Kier alpha value is -4.73. The minimum Gasteiger partial charge on any atom is -0.490 e. The molecule has 208 valence electrons. The van der Waals surface area contributed by atoms with E-state index in [0.29, 0.717) is 57.1 Å². The number of rotatable bonds is 14. The van der Waals surface area contributed by atoms with Crippen LogP contribution in [0.25, 0.3) is 0 Å². The summed E-state index contributed by atoms with van der Waals surface area (Å²) < 4.78 is 33.8. The molecule has 0 saturated heterocycles. The van der Waals surface area contributed by atoms with Gasteiger partial charge in [-0.15, -0.1) is 0 Å². The summed E-state index contributed by atoms with van der Waals surface area (Å²) in [6, 6.07) is 24.0. The number of hydrogen-bond donors (Lipinski definition) is 2. The van der Waals surface area contributed by atoms with E-state index in [1.54, 1.807) is 84.9 Å². The lowest BCUT2D eigenvalue weighted by atomic mass is 10.0. The molecule has 0 aliphatic heterocycles. The summed E-state index contributed by atoms with van der Waals surface area (Å²) in [4.78, 5) is 13.1. The van der Waals surface area contributed by atoms with Crippen molar-refractivity contribution in [3.63, 3.8) is 0 Å². The predicted molar refractivity (Wildman–Crippen MR) is 148 cm³/mol. The Balaban J connectivity index is 1.44. The van der Waals surface area contributed by atoms with Crippen LogP contribution < -0.4 is 28.4 Å². The van der Waals surface area contributed by atoms with Crippen molar-refractivity contribution in [1.29, 1.82) is 0 Å². The van der Waals surface area contributed by atoms with Crippen LogP contribution in [0.5, 0.6) is 46.0 Å². The van der Waals surface area contributed by atoms with Crippen LogP contribution >= 0.6 is 0 Å². The van der Waals surface area contributed by atoms with Crippen LogP contribution in [0.2, 0.25) is 0 Å². The maximum absolute atomic E-state index is 13.1. The van der Waals surface area contributed by atoms with Crippen molar-refractivity contribution in [3.05, 3.63) is 96.1 Å². The minimum atomic E-state index is -0.160. The lowest BCUT2D eigenvalue weighted by Crippen LogP contribution is -2.04. The van der Waals surface area contributed by atoms with Gasteiger partial charge in [0.2, 0.25) is 11.5 Å². The van der Waals surface area contributed by atoms with E-state index in [9.17, 15) is 4.79 Å². The van der Waals surface area contributed by atoms with Gasteiger partial charge in [-0.25, -0.2) is 0 Å². The third-order valence-corrected chi connectivity index (χ3v) is 5.68. The van der Waals surface area contributed by atoms with Gasteiger partial charge in [0.25, 0.3) is 0 Å². The number of ether oxygens (including phenoxy) is 6. The zero-order valence-corrected chi connectivity index (χ0v) is 22.2. The average Bonchev–Trinajstić information content (AvgIpc) is 2.99. The summed E-state index contributed by atoms with van der Waals surface area (Å²) in [7, 11) is 3.01. The monoisotopic (exact) mass is 546 g/mol. The quantitative estimate of drug-likeness (QED) is 0.205. The predicted octanol–water partition coefficient (Wildman–Crippen LogP) is 5.26. The summed E-state index contributed by atoms with van der Waals surface area (Å²) in [6.07, 6.45) is 0. The molecule has 4 aromatic carbocycles. The van der Waals surface area contributed by atoms with Crippen LogP contribution in [0.3, 0.4) is 0 Å². The lowest BCUT2D eigenvalue weighted by molar-refractivity contribution is 0.103. The van der Waals surface area contributed by atoms with Crippen molar-refractivity contribution in [2.45, 2.75) is 0 Å². The fraction of sp³-hybridized carbons (Fsp3) is 0.194. The number of aliphatic hydroxyl groups is 2. The van der Waals surface area contributed by atoms with Crippen molar-refractivity contribution < 1.29 is 43.4 Å². The van der Waals surface area contributed by atoms with Crippen molar-refractivity contribution in [1.82, 2.24) is 0 Å². The van der Waals surface area contributed by atoms with E-state index in [1.165, 1.54) is 14.2 Å². The second kappa shape index (κ2) is 13.9. The molecule has 2 N–H and O–H groups in total. The maximum atomic E-state index is 13.1. The third-order valence-electron chi connectivity index (χ3n) is 5.68. The zero-order chi connectivity index (χ0) is 28.3. The fourth-order valence-corrected chi connectivity index (χ4v) is 3.86. The fourth-order valence-electron chi connectivity index (χ4n) is 3.86. The number of methoxy groups -OCH3 is 2. The molecule has 0 spiro atoms. The molecule has 0 fully saturated rings. The number of ketones is 1. The van der Waals surface area contributed by atoms with Gasteiger partial charge in [0.05, 0.1) is 27.4 Å². The first-order valence-electron chi connectivity index (χ1n) is 12.5. The van der Waals surface area contributed by atoms with Crippen LogP contribution in [0.1, 0.15) is 15.9 Å². The highest BCUT2D eigenvalue weighted by Gasteiger charge is 2.15. The number of para-hydroxylation sites is 2. The Kier molecular flexibility index (Phi) is 9.82. The Morgan fingerprint density at radius 3 is 1.30 bits per heavy atom. The van der Waals surface area contributed by atoms with Crippen LogP contribution in [-0.4, -0.2) is 56.6 Å². The van der Waals surface area contributed by atoms with Gasteiger partial charge in [-0.3, -0.25) is 4.79 Å². The maximum Gasteiger partial charge on any atom is 0.203 e. The second-order valence-corrected chi connectivity index (χ2v) is 8.30. The van der Waals surface area contributed by atoms with E-state index in [0.717, 1.165) is 0 Å². The highest BCUT2D eigenvalue weighted by Crippen LogP contribution is 2.40. The molecule has 4 aromatic rings. The molecule has 4 rings (SSSR count). The van der Waals surface area contributed by atoms with Crippen molar-refractivity contribution in [2.24, 2.45) is 0 Å². The summed E-state index contributed by atoms with van der Waals surface area (Å²) in [5.41, 5.74) is 0.979. The SMILES string of the molecule is COc1c(OCCO)cccc1Oc1ccc(C(=O)c2ccc(Oc3cccc(OCCO)c3OC)cc2)cc1. The third kappa shape index (κ3) is 6.82. The van der Waals surface area contributed by atoms with Gasteiger partial charge in [-0.2, -0.15) is 0 Å². The number of aliphatic hydroxyl groups excluding tert-OH is 2. The number of carbonyl (C=O) groups is 1. The molecule has 0 amide bonds. The van der Waals surface area contributed by atoms with Gasteiger partial charge in [-0.05, 0) is 72.8 Å². The average molecular weight is 547 g/mol. The molecule has 0 bridgehead atoms. The highest BCUT2D eigenvalue weighted by molar-refractivity contribution is 6.09. The van der Waals surface area contributed by atoms with E-state index >= 15 is 0 Å². The molecule has 0 unspecified atom stereocenters. The van der Waals surface area contributed by atoms with Crippen molar-refractivity contribution >= 4 is 5.78 Å². The molecule has 0 aliphatic carbocycles. The summed E-state index contributed by atoms with van der Waals surface area (Å²) >= 11 is 0. The van der Waals surface area contributed by atoms with Gasteiger partial charge in [0.15, 0.2) is 28.8 Å². The molecule has 0 aliphatic rings. The van der Waals surface area contributed by atoms with E-state index in [4.69, 9.17) is 38.6 Å². The molecular weight excluding hydrogens is 516 g/mol. The first-order valence-corrected chi connectivity index (χ1v) is 12.5. The van der Waals surface area contributed by atoms with Gasteiger partial charge >= 0.3 is 0 Å². The molecule has 0 saturated carbocycles.